The van der Waals surface area contributed by atoms with Gasteiger partial charge in [0.15, 0.2) is 0 Å². The number of methoxy groups -OCH3 is 1. The van der Waals surface area contributed by atoms with Crippen LogP contribution >= 0.6 is 0 Å². The SMILES string of the molecule is COc1ccc(CNC(=O)c2cnc(N3CCOCC3)c3ccccc23)cc1. The topological polar surface area (TPSA) is 63.7 Å². The van der Waals surface area contributed by atoms with Gasteiger partial charge in [0.2, 0.25) is 0 Å². The van der Waals surface area contributed by atoms with Gasteiger partial charge in [-0.15, -0.1) is 0 Å². The van der Waals surface area contributed by atoms with Gasteiger partial charge in [0.25, 0.3) is 5.91 Å². The quantitative estimate of drug-likeness (QED) is 0.741. The molecule has 0 spiro atoms. The van der Waals surface area contributed by atoms with Crippen molar-refractivity contribution in [1.82, 2.24) is 10.3 Å². The minimum absolute atomic E-state index is 0.131. The van der Waals surface area contributed by atoms with E-state index in [-0.39, 0.29) is 5.91 Å². The van der Waals surface area contributed by atoms with Gasteiger partial charge in [0, 0.05) is 31.2 Å². The third-order valence-electron chi connectivity index (χ3n) is 4.94. The second-order valence-corrected chi connectivity index (χ2v) is 6.67. The van der Waals surface area contributed by atoms with E-state index in [1.807, 2.05) is 48.5 Å². The molecule has 1 saturated heterocycles. The van der Waals surface area contributed by atoms with Crippen molar-refractivity contribution < 1.29 is 14.3 Å². The van der Waals surface area contributed by atoms with Crippen molar-refractivity contribution in [3.05, 3.63) is 65.9 Å². The van der Waals surface area contributed by atoms with Crippen LogP contribution in [0.4, 0.5) is 5.82 Å². The Balaban J connectivity index is 1.56. The number of rotatable bonds is 5. The summed E-state index contributed by atoms with van der Waals surface area (Å²) in [7, 11) is 1.63. The highest BCUT2D eigenvalue weighted by molar-refractivity contribution is 6.09. The summed E-state index contributed by atoms with van der Waals surface area (Å²) < 4.78 is 10.6. The molecule has 1 aliphatic rings. The van der Waals surface area contributed by atoms with Crippen LogP contribution in [-0.4, -0.2) is 44.3 Å². The van der Waals surface area contributed by atoms with E-state index in [4.69, 9.17) is 9.47 Å². The zero-order valence-corrected chi connectivity index (χ0v) is 15.9. The monoisotopic (exact) mass is 377 g/mol. The van der Waals surface area contributed by atoms with E-state index in [0.717, 1.165) is 41.0 Å². The van der Waals surface area contributed by atoms with E-state index in [9.17, 15) is 4.79 Å². The number of nitrogens with zero attached hydrogens (tertiary/aromatic N) is 2. The Labute approximate surface area is 164 Å². The van der Waals surface area contributed by atoms with E-state index < -0.39 is 0 Å². The number of aromatic nitrogens is 1. The van der Waals surface area contributed by atoms with E-state index >= 15 is 0 Å². The van der Waals surface area contributed by atoms with Crippen molar-refractivity contribution in [1.29, 1.82) is 0 Å². The number of morpholine rings is 1. The molecular formula is C22H23N3O3. The summed E-state index contributed by atoms with van der Waals surface area (Å²) in [4.78, 5) is 19.7. The lowest BCUT2D eigenvalue weighted by atomic mass is 10.1. The number of hydrogen-bond acceptors (Lipinski definition) is 5. The standard InChI is InChI=1S/C22H23N3O3/c1-27-17-8-6-16(7-9-17)14-24-22(26)20-15-23-21(25-10-12-28-13-11-25)19-5-3-2-4-18(19)20/h2-9,15H,10-14H2,1H3,(H,24,26). The molecule has 1 aliphatic heterocycles. The average molecular weight is 377 g/mol. The number of hydrogen-bond donors (Lipinski definition) is 1. The number of carbonyl (C=O) groups excluding carboxylic acids is 1. The smallest absolute Gasteiger partial charge is 0.253 e. The number of pyridine rings is 1. The summed E-state index contributed by atoms with van der Waals surface area (Å²) >= 11 is 0. The Morgan fingerprint density at radius 3 is 2.54 bits per heavy atom. The molecule has 6 nitrogen and oxygen atoms in total. The summed E-state index contributed by atoms with van der Waals surface area (Å²) in [5.41, 5.74) is 1.59. The molecule has 3 aromatic rings. The maximum absolute atomic E-state index is 12.8. The molecule has 6 heteroatoms. The van der Waals surface area contributed by atoms with Gasteiger partial charge in [-0.25, -0.2) is 4.98 Å². The molecule has 4 rings (SSSR count). The van der Waals surface area contributed by atoms with Crippen molar-refractivity contribution >= 4 is 22.5 Å². The van der Waals surface area contributed by atoms with Crippen molar-refractivity contribution in [2.24, 2.45) is 0 Å². The Hall–Kier alpha value is -3.12. The number of anilines is 1. The normalized spacial score (nSPS) is 14.1. The summed E-state index contributed by atoms with van der Waals surface area (Å²) in [5.74, 6) is 1.57. The van der Waals surface area contributed by atoms with Crippen molar-refractivity contribution in [2.75, 3.05) is 38.3 Å². The third-order valence-corrected chi connectivity index (χ3v) is 4.94. The van der Waals surface area contributed by atoms with Gasteiger partial charge in [0.05, 0.1) is 25.9 Å². The van der Waals surface area contributed by atoms with Crippen LogP contribution in [0.1, 0.15) is 15.9 Å². The third kappa shape index (κ3) is 3.77. The molecule has 1 aromatic heterocycles. The number of carbonyl (C=O) groups is 1. The van der Waals surface area contributed by atoms with Gasteiger partial charge in [0.1, 0.15) is 11.6 Å². The molecule has 1 N–H and O–H groups in total. The van der Waals surface area contributed by atoms with Crippen LogP contribution < -0.4 is 15.0 Å². The molecule has 28 heavy (non-hydrogen) atoms. The van der Waals surface area contributed by atoms with Crippen LogP contribution in [0.2, 0.25) is 0 Å². The lowest BCUT2D eigenvalue weighted by Crippen LogP contribution is -2.37. The van der Waals surface area contributed by atoms with Crippen molar-refractivity contribution in [3.8, 4) is 5.75 Å². The predicted octanol–water partition coefficient (Wildman–Crippen LogP) is 3.01. The molecule has 0 atom stereocenters. The first-order chi connectivity index (χ1) is 13.8. The maximum Gasteiger partial charge on any atom is 0.253 e. The predicted molar refractivity (Wildman–Crippen MR) is 109 cm³/mol. The first kappa shape index (κ1) is 18.3. The fraction of sp³-hybridized carbons (Fsp3) is 0.273. The van der Waals surface area contributed by atoms with Crippen LogP contribution in [-0.2, 0) is 11.3 Å². The van der Waals surface area contributed by atoms with Gasteiger partial charge < -0.3 is 19.7 Å². The first-order valence-electron chi connectivity index (χ1n) is 9.38. The second kappa shape index (κ2) is 8.27. The number of nitrogens with one attached hydrogen (secondary N) is 1. The summed E-state index contributed by atoms with van der Waals surface area (Å²) in [6, 6.07) is 15.6. The van der Waals surface area contributed by atoms with Crippen LogP contribution in [0.15, 0.2) is 54.7 Å². The minimum atomic E-state index is -0.131. The molecule has 2 aromatic carbocycles. The molecular weight excluding hydrogens is 354 g/mol. The molecule has 0 bridgehead atoms. The van der Waals surface area contributed by atoms with Crippen LogP contribution in [0, 0.1) is 0 Å². The molecule has 0 radical (unpaired) electrons. The molecule has 0 saturated carbocycles. The second-order valence-electron chi connectivity index (χ2n) is 6.67. The first-order valence-corrected chi connectivity index (χ1v) is 9.38. The number of fused-ring (bicyclic) bond motifs is 1. The maximum atomic E-state index is 12.8. The largest absolute Gasteiger partial charge is 0.497 e. The zero-order chi connectivity index (χ0) is 19.3. The fourth-order valence-corrected chi connectivity index (χ4v) is 3.41. The van der Waals surface area contributed by atoms with Gasteiger partial charge in [-0.05, 0) is 23.1 Å². The summed E-state index contributed by atoms with van der Waals surface area (Å²) in [6.07, 6.45) is 1.68. The highest BCUT2D eigenvalue weighted by Crippen LogP contribution is 2.27. The Morgan fingerprint density at radius 2 is 1.82 bits per heavy atom. The van der Waals surface area contributed by atoms with Crippen LogP contribution in [0.5, 0.6) is 5.75 Å². The molecule has 1 amide bonds. The van der Waals surface area contributed by atoms with Gasteiger partial charge in [-0.1, -0.05) is 36.4 Å². The van der Waals surface area contributed by atoms with Crippen molar-refractivity contribution in [2.45, 2.75) is 6.54 Å². The minimum Gasteiger partial charge on any atom is -0.497 e. The Bertz CT molecular complexity index is 966. The Kier molecular flexibility index (Phi) is 5.39. The average Bonchev–Trinajstić information content (AvgIpc) is 2.77. The van der Waals surface area contributed by atoms with E-state index in [0.29, 0.717) is 25.3 Å². The number of amides is 1. The molecule has 0 unspecified atom stereocenters. The number of ether oxygens (including phenoxy) is 2. The Morgan fingerprint density at radius 1 is 1.11 bits per heavy atom. The molecule has 2 heterocycles. The van der Waals surface area contributed by atoms with Gasteiger partial charge >= 0.3 is 0 Å². The fourth-order valence-electron chi connectivity index (χ4n) is 3.41. The van der Waals surface area contributed by atoms with Gasteiger partial charge in [-0.3, -0.25) is 4.79 Å². The molecule has 0 aliphatic carbocycles. The lowest BCUT2D eigenvalue weighted by Gasteiger charge is -2.29. The van der Waals surface area contributed by atoms with E-state index in [1.165, 1.54) is 0 Å². The van der Waals surface area contributed by atoms with E-state index in [2.05, 4.69) is 15.2 Å². The highest BCUT2D eigenvalue weighted by atomic mass is 16.5. The van der Waals surface area contributed by atoms with Gasteiger partial charge in [-0.2, -0.15) is 0 Å². The van der Waals surface area contributed by atoms with E-state index in [1.54, 1.807) is 13.3 Å². The number of benzene rings is 2. The summed E-state index contributed by atoms with van der Waals surface area (Å²) in [5, 5.41) is 4.89. The molecule has 1 fully saturated rings. The zero-order valence-electron chi connectivity index (χ0n) is 15.9. The highest BCUT2D eigenvalue weighted by Gasteiger charge is 2.18. The van der Waals surface area contributed by atoms with Crippen LogP contribution in [0.25, 0.3) is 10.8 Å². The summed E-state index contributed by atoms with van der Waals surface area (Å²) in [6.45, 7) is 3.45. The molecule has 144 valence electrons. The lowest BCUT2D eigenvalue weighted by molar-refractivity contribution is 0.0952. The van der Waals surface area contributed by atoms with Crippen molar-refractivity contribution in [3.63, 3.8) is 0 Å². The van der Waals surface area contributed by atoms with Crippen LogP contribution in [0.3, 0.4) is 0 Å².